The van der Waals surface area contributed by atoms with Crippen LogP contribution in [0.15, 0.2) is 35.5 Å². The van der Waals surface area contributed by atoms with Crippen LogP contribution in [-0.2, 0) is 11.0 Å². The summed E-state index contributed by atoms with van der Waals surface area (Å²) in [5.74, 6) is -1.04. The number of hydrogen-bond donors (Lipinski definition) is 1. The average Bonchev–Trinajstić information content (AvgIpc) is 2.50. The Morgan fingerprint density at radius 2 is 1.92 bits per heavy atom. The summed E-state index contributed by atoms with van der Waals surface area (Å²) in [6, 6.07) is 4.23. The smallest absolute Gasteiger partial charge is 0.324 e. The molecule has 3 nitrogen and oxygen atoms in total. The highest BCUT2D eigenvalue weighted by Crippen LogP contribution is 2.35. The summed E-state index contributed by atoms with van der Waals surface area (Å²) >= 11 is 12.5. The molecule has 0 aliphatic carbocycles. The number of pyridine rings is 1. The lowest BCUT2D eigenvalue weighted by Gasteiger charge is -2.14. The molecule has 0 bridgehead atoms. The molecule has 1 heterocycles. The lowest BCUT2D eigenvalue weighted by atomic mass is 10.3. The Bertz CT molecular complexity index is 802. The quantitative estimate of drug-likeness (QED) is 0.519. The van der Waals surface area contributed by atoms with Crippen molar-refractivity contribution in [2.75, 3.05) is 5.32 Å². The topological polar surface area (TPSA) is 42.0 Å². The standard InChI is InChI=1S/C15H10Cl2F4N2OS/c1-7(13(24)23-12-3-2-9(18)5-10(12)16)25-14-11(17)4-8(6-22-14)15(19,20)21/h2-7H,1H3,(H,23,24)/t7-/m1/s1. The fourth-order valence-corrected chi connectivity index (χ4v) is 3.01. The van der Waals surface area contributed by atoms with Gasteiger partial charge in [0.25, 0.3) is 0 Å². The first-order chi connectivity index (χ1) is 11.6. The second-order valence-corrected chi connectivity index (χ2v) is 7.03. The number of hydrogen-bond acceptors (Lipinski definition) is 3. The minimum atomic E-state index is -4.55. The van der Waals surface area contributed by atoms with Crippen molar-refractivity contribution in [3.05, 3.63) is 51.9 Å². The Morgan fingerprint density at radius 1 is 1.24 bits per heavy atom. The van der Waals surface area contributed by atoms with E-state index in [1.807, 2.05) is 0 Å². The van der Waals surface area contributed by atoms with E-state index in [2.05, 4.69) is 10.3 Å². The highest BCUT2D eigenvalue weighted by molar-refractivity contribution is 8.00. The zero-order valence-electron chi connectivity index (χ0n) is 12.5. The molecule has 0 spiro atoms. The van der Waals surface area contributed by atoms with Crippen molar-refractivity contribution in [2.45, 2.75) is 23.4 Å². The second-order valence-electron chi connectivity index (χ2n) is 4.88. The number of nitrogens with one attached hydrogen (secondary N) is 1. The van der Waals surface area contributed by atoms with Crippen LogP contribution in [0.5, 0.6) is 0 Å². The number of aromatic nitrogens is 1. The number of anilines is 1. The molecule has 1 amide bonds. The third kappa shape index (κ3) is 5.23. The van der Waals surface area contributed by atoms with Crippen molar-refractivity contribution in [1.82, 2.24) is 4.98 Å². The summed E-state index contributed by atoms with van der Waals surface area (Å²) in [7, 11) is 0. The van der Waals surface area contributed by atoms with Gasteiger partial charge in [-0.15, -0.1) is 0 Å². The lowest BCUT2D eigenvalue weighted by molar-refractivity contribution is -0.137. The summed E-state index contributed by atoms with van der Waals surface area (Å²) in [6.07, 6.45) is -3.90. The molecule has 2 aromatic rings. The molecule has 0 radical (unpaired) electrons. The van der Waals surface area contributed by atoms with Crippen molar-refractivity contribution in [3.8, 4) is 0 Å². The zero-order valence-corrected chi connectivity index (χ0v) is 14.8. The van der Waals surface area contributed by atoms with Gasteiger partial charge in [0.2, 0.25) is 5.91 Å². The summed E-state index contributed by atoms with van der Waals surface area (Å²) in [5.41, 5.74) is -0.760. The Hall–Kier alpha value is -1.51. The molecule has 25 heavy (non-hydrogen) atoms. The molecular formula is C15H10Cl2F4N2OS. The number of carbonyl (C=O) groups is 1. The molecule has 2 rings (SSSR count). The monoisotopic (exact) mass is 412 g/mol. The summed E-state index contributed by atoms with van der Waals surface area (Å²) in [4.78, 5) is 15.8. The molecule has 0 saturated carbocycles. The molecule has 1 atom stereocenters. The molecular weight excluding hydrogens is 403 g/mol. The van der Waals surface area contributed by atoms with Gasteiger partial charge in [-0.3, -0.25) is 4.79 Å². The SMILES string of the molecule is C[C@@H](Sc1ncc(C(F)(F)F)cc1Cl)C(=O)Nc1ccc(F)cc1Cl. The average molecular weight is 413 g/mol. The van der Waals surface area contributed by atoms with Crippen LogP contribution in [-0.4, -0.2) is 16.1 Å². The van der Waals surface area contributed by atoms with Gasteiger partial charge in [-0.25, -0.2) is 9.37 Å². The summed E-state index contributed by atoms with van der Waals surface area (Å²) < 4.78 is 50.8. The van der Waals surface area contributed by atoms with Crippen LogP contribution < -0.4 is 5.32 Å². The second kappa shape index (κ2) is 7.80. The number of benzene rings is 1. The number of nitrogens with zero attached hydrogens (tertiary/aromatic N) is 1. The van der Waals surface area contributed by atoms with E-state index in [4.69, 9.17) is 23.2 Å². The first-order valence-corrected chi connectivity index (χ1v) is 8.37. The van der Waals surface area contributed by atoms with Crippen LogP contribution >= 0.6 is 35.0 Å². The minimum absolute atomic E-state index is 0.0243. The van der Waals surface area contributed by atoms with Gasteiger partial charge in [0.15, 0.2) is 0 Å². The van der Waals surface area contributed by atoms with Gasteiger partial charge >= 0.3 is 6.18 Å². The first kappa shape index (κ1) is 19.8. The van der Waals surface area contributed by atoms with Crippen molar-refractivity contribution in [3.63, 3.8) is 0 Å². The van der Waals surface area contributed by atoms with E-state index >= 15 is 0 Å². The highest BCUT2D eigenvalue weighted by atomic mass is 35.5. The number of carbonyl (C=O) groups excluding carboxylic acids is 1. The molecule has 0 aliphatic rings. The first-order valence-electron chi connectivity index (χ1n) is 6.73. The highest BCUT2D eigenvalue weighted by Gasteiger charge is 2.32. The van der Waals surface area contributed by atoms with E-state index < -0.39 is 28.7 Å². The number of alkyl halides is 3. The van der Waals surface area contributed by atoms with Crippen molar-refractivity contribution in [1.29, 1.82) is 0 Å². The third-order valence-electron chi connectivity index (χ3n) is 2.98. The molecule has 1 N–H and O–H groups in total. The maximum absolute atomic E-state index is 13.0. The minimum Gasteiger partial charge on any atom is -0.324 e. The van der Waals surface area contributed by atoms with Crippen molar-refractivity contribution >= 4 is 46.6 Å². The Balaban J connectivity index is 2.08. The van der Waals surface area contributed by atoms with Gasteiger partial charge in [-0.2, -0.15) is 13.2 Å². The van der Waals surface area contributed by atoms with E-state index in [1.54, 1.807) is 0 Å². The molecule has 0 unspecified atom stereocenters. The maximum Gasteiger partial charge on any atom is 0.417 e. The van der Waals surface area contributed by atoms with Crippen LogP contribution in [0.2, 0.25) is 10.0 Å². The van der Waals surface area contributed by atoms with E-state index in [0.717, 1.165) is 30.0 Å². The number of rotatable bonds is 4. The van der Waals surface area contributed by atoms with Crippen molar-refractivity contribution in [2.24, 2.45) is 0 Å². The van der Waals surface area contributed by atoms with Gasteiger partial charge in [0.1, 0.15) is 10.8 Å². The van der Waals surface area contributed by atoms with Crippen LogP contribution in [0.4, 0.5) is 23.2 Å². The van der Waals surface area contributed by atoms with E-state index in [1.165, 1.54) is 13.0 Å². The normalized spacial score (nSPS) is 12.8. The fourth-order valence-electron chi connectivity index (χ4n) is 1.71. The zero-order chi connectivity index (χ0) is 18.8. The molecule has 0 saturated heterocycles. The predicted octanol–water partition coefficient (Wildman–Crippen LogP) is 5.67. The van der Waals surface area contributed by atoms with Gasteiger partial charge in [-0.05, 0) is 31.2 Å². The lowest BCUT2D eigenvalue weighted by Crippen LogP contribution is -2.22. The van der Waals surface area contributed by atoms with Crippen molar-refractivity contribution < 1.29 is 22.4 Å². The number of halogens is 6. The Labute approximate surface area is 154 Å². The largest absolute Gasteiger partial charge is 0.417 e. The Morgan fingerprint density at radius 3 is 2.48 bits per heavy atom. The fraction of sp³-hybridized carbons (Fsp3) is 0.200. The van der Waals surface area contributed by atoms with Gasteiger partial charge < -0.3 is 5.32 Å². The van der Waals surface area contributed by atoms with Gasteiger partial charge in [0.05, 0.1) is 26.5 Å². The van der Waals surface area contributed by atoms with Gasteiger partial charge in [0, 0.05) is 6.20 Å². The van der Waals surface area contributed by atoms with Crippen LogP contribution in [0.1, 0.15) is 12.5 Å². The van der Waals surface area contributed by atoms with Gasteiger partial charge in [-0.1, -0.05) is 35.0 Å². The molecule has 0 fully saturated rings. The molecule has 0 aliphatic heterocycles. The maximum atomic E-state index is 13.0. The summed E-state index contributed by atoms with van der Waals surface area (Å²) in [5, 5.41) is 1.67. The predicted molar refractivity (Wildman–Crippen MR) is 89.6 cm³/mol. The Kier molecular flexibility index (Phi) is 6.18. The number of amides is 1. The molecule has 134 valence electrons. The summed E-state index contributed by atoms with van der Waals surface area (Å²) in [6.45, 7) is 1.52. The van der Waals surface area contributed by atoms with E-state index in [9.17, 15) is 22.4 Å². The molecule has 1 aromatic heterocycles. The van der Waals surface area contributed by atoms with Crippen LogP contribution in [0.3, 0.4) is 0 Å². The molecule has 1 aromatic carbocycles. The van der Waals surface area contributed by atoms with Crippen LogP contribution in [0.25, 0.3) is 0 Å². The van der Waals surface area contributed by atoms with E-state index in [-0.39, 0.29) is 20.8 Å². The van der Waals surface area contributed by atoms with E-state index in [0.29, 0.717) is 6.20 Å². The molecule has 10 heteroatoms. The third-order valence-corrected chi connectivity index (χ3v) is 4.81. The number of thioether (sulfide) groups is 1. The van der Waals surface area contributed by atoms with Crippen LogP contribution in [0, 0.1) is 5.82 Å².